The molecule has 0 aliphatic rings. The standard InChI is InChI=1S/C7H14O2.Li/c1-5-6(8)9-7(2,3)4;/h5,8H,1-4H3;/q;+1/p-1/b6-5+;. The van der Waals surface area contributed by atoms with Crippen LogP contribution in [0.1, 0.15) is 27.7 Å². The van der Waals surface area contributed by atoms with Gasteiger partial charge in [-0.15, -0.1) is 0 Å². The third-order valence-electron chi connectivity index (χ3n) is 0.642. The predicted molar refractivity (Wildman–Crippen MR) is 34.6 cm³/mol. The maximum Gasteiger partial charge on any atom is 1.00 e. The summed E-state index contributed by atoms with van der Waals surface area (Å²) in [7, 11) is 0. The number of rotatable bonds is 1. The third-order valence-corrected chi connectivity index (χ3v) is 0.642. The van der Waals surface area contributed by atoms with Crippen LogP contribution in [0.25, 0.3) is 0 Å². The van der Waals surface area contributed by atoms with Gasteiger partial charge < -0.3 is 9.84 Å². The van der Waals surface area contributed by atoms with Crippen molar-refractivity contribution in [3.8, 4) is 0 Å². The van der Waals surface area contributed by atoms with Crippen LogP contribution in [0, 0.1) is 0 Å². The van der Waals surface area contributed by atoms with Crippen LogP contribution in [0.15, 0.2) is 12.0 Å². The van der Waals surface area contributed by atoms with E-state index in [0.29, 0.717) is 0 Å². The molecule has 2 nitrogen and oxygen atoms in total. The van der Waals surface area contributed by atoms with Gasteiger partial charge in [0.25, 0.3) is 0 Å². The average Bonchev–Trinajstić information content (AvgIpc) is 1.62. The maximum atomic E-state index is 10.5. The zero-order valence-corrected chi connectivity index (χ0v) is 7.39. The molecule has 3 heteroatoms. The maximum absolute atomic E-state index is 10.5. The zero-order valence-electron chi connectivity index (χ0n) is 7.39. The number of hydrogen-bond donors (Lipinski definition) is 0. The first-order valence-electron chi connectivity index (χ1n) is 2.98. The molecular weight excluding hydrogens is 123 g/mol. The predicted octanol–water partition coefficient (Wildman–Crippen LogP) is -1.97. The molecule has 0 fully saturated rings. The van der Waals surface area contributed by atoms with Crippen molar-refractivity contribution in [3.63, 3.8) is 0 Å². The molecule has 0 bridgehead atoms. The molecule has 0 aliphatic carbocycles. The van der Waals surface area contributed by atoms with Crippen LogP contribution < -0.4 is 24.0 Å². The second kappa shape index (κ2) is 4.71. The van der Waals surface area contributed by atoms with E-state index in [2.05, 4.69) is 0 Å². The van der Waals surface area contributed by atoms with Gasteiger partial charge in [-0.2, -0.15) is 0 Å². The molecule has 0 N–H and O–H groups in total. The van der Waals surface area contributed by atoms with Gasteiger partial charge in [0, 0.05) is 11.5 Å². The number of allylic oxidation sites excluding steroid dienone is 1. The van der Waals surface area contributed by atoms with Crippen molar-refractivity contribution in [1.82, 2.24) is 0 Å². The minimum absolute atomic E-state index is 0. The molecule has 0 spiro atoms. The second-order valence-corrected chi connectivity index (χ2v) is 2.82. The Bertz CT molecular complexity index is 113. The smallest absolute Gasteiger partial charge is 0.608 e. The Labute approximate surface area is 74.4 Å². The number of hydrogen-bond acceptors (Lipinski definition) is 2. The second-order valence-electron chi connectivity index (χ2n) is 2.82. The van der Waals surface area contributed by atoms with Crippen molar-refractivity contribution in [1.29, 1.82) is 0 Å². The Morgan fingerprint density at radius 3 is 1.90 bits per heavy atom. The van der Waals surface area contributed by atoms with Gasteiger partial charge in [-0.25, -0.2) is 0 Å². The van der Waals surface area contributed by atoms with E-state index in [0.717, 1.165) is 0 Å². The molecule has 0 amide bonds. The van der Waals surface area contributed by atoms with Gasteiger partial charge in [-0.05, 0) is 6.92 Å². The van der Waals surface area contributed by atoms with Gasteiger partial charge in [0.2, 0.25) is 0 Å². The van der Waals surface area contributed by atoms with Crippen LogP contribution in [0.5, 0.6) is 0 Å². The summed E-state index contributed by atoms with van der Waals surface area (Å²) >= 11 is 0. The third kappa shape index (κ3) is 7.94. The fourth-order valence-corrected chi connectivity index (χ4v) is 0.361. The molecule has 0 saturated heterocycles. The molecule has 0 rings (SSSR count). The van der Waals surface area contributed by atoms with Gasteiger partial charge in [0.1, 0.15) is 0 Å². The Kier molecular flexibility index (Phi) is 5.93. The summed E-state index contributed by atoms with van der Waals surface area (Å²) in [4.78, 5) is 0. The van der Waals surface area contributed by atoms with Crippen molar-refractivity contribution in [2.24, 2.45) is 0 Å². The van der Waals surface area contributed by atoms with Gasteiger partial charge in [-0.3, -0.25) is 0 Å². The van der Waals surface area contributed by atoms with E-state index < -0.39 is 0 Å². The van der Waals surface area contributed by atoms with E-state index in [4.69, 9.17) is 4.74 Å². The van der Waals surface area contributed by atoms with Gasteiger partial charge in [-0.1, -0.05) is 26.8 Å². The Balaban J connectivity index is 0. The molecule has 0 aromatic heterocycles. The van der Waals surface area contributed by atoms with Crippen molar-refractivity contribution in [3.05, 3.63) is 12.0 Å². The van der Waals surface area contributed by atoms with E-state index in [1.807, 2.05) is 20.8 Å². The molecule has 0 atom stereocenters. The Hall–Kier alpha value is -0.0626. The SMILES string of the molecule is C/C=C(\[O-])OC(C)(C)C.[Li+]. The first kappa shape index (κ1) is 12.6. The molecule has 10 heavy (non-hydrogen) atoms. The number of ether oxygens (including phenoxy) is 1. The molecule has 0 saturated carbocycles. The molecule has 0 aromatic carbocycles. The summed E-state index contributed by atoms with van der Waals surface area (Å²) in [6, 6.07) is 0. The average molecular weight is 136 g/mol. The molecule has 0 aliphatic heterocycles. The topological polar surface area (TPSA) is 32.3 Å². The van der Waals surface area contributed by atoms with Gasteiger partial charge in [0.05, 0.1) is 0 Å². The quantitative estimate of drug-likeness (QED) is 0.309. The Morgan fingerprint density at radius 1 is 1.40 bits per heavy atom. The van der Waals surface area contributed by atoms with E-state index in [9.17, 15) is 5.11 Å². The van der Waals surface area contributed by atoms with Crippen molar-refractivity contribution < 1.29 is 28.7 Å². The minimum Gasteiger partial charge on any atom is -0.608 e. The molecule has 0 heterocycles. The summed E-state index contributed by atoms with van der Waals surface area (Å²) in [5.74, 6) is -0.262. The molecule has 0 aromatic rings. The summed E-state index contributed by atoms with van der Waals surface area (Å²) in [6.45, 7) is 7.19. The van der Waals surface area contributed by atoms with E-state index in [1.165, 1.54) is 6.08 Å². The first-order valence-corrected chi connectivity index (χ1v) is 2.98. The van der Waals surface area contributed by atoms with Crippen LogP contribution in [-0.2, 0) is 4.74 Å². The van der Waals surface area contributed by atoms with Crippen LogP contribution in [0.4, 0.5) is 0 Å². The molecule has 0 radical (unpaired) electrons. The van der Waals surface area contributed by atoms with Crippen LogP contribution in [0.3, 0.4) is 0 Å². The van der Waals surface area contributed by atoms with E-state index >= 15 is 0 Å². The van der Waals surface area contributed by atoms with Crippen molar-refractivity contribution in [2.75, 3.05) is 0 Å². The summed E-state index contributed by atoms with van der Waals surface area (Å²) in [5, 5.41) is 10.5. The molecule has 54 valence electrons. The van der Waals surface area contributed by atoms with Crippen LogP contribution in [0.2, 0.25) is 0 Å². The molecule has 0 unspecified atom stereocenters. The largest absolute Gasteiger partial charge is 1.00 e. The Morgan fingerprint density at radius 2 is 1.80 bits per heavy atom. The van der Waals surface area contributed by atoms with Crippen molar-refractivity contribution >= 4 is 0 Å². The fraction of sp³-hybridized carbons (Fsp3) is 0.714. The van der Waals surface area contributed by atoms with Crippen LogP contribution >= 0.6 is 0 Å². The zero-order chi connectivity index (χ0) is 7.49. The van der Waals surface area contributed by atoms with Crippen molar-refractivity contribution in [2.45, 2.75) is 33.3 Å². The first-order chi connectivity index (χ1) is 3.95. The normalized spacial score (nSPS) is 12.2. The summed E-state index contributed by atoms with van der Waals surface area (Å²) in [5.41, 5.74) is -0.358. The summed E-state index contributed by atoms with van der Waals surface area (Å²) < 4.78 is 4.89. The van der Waals surface area contributed by atoms with Crippen LogP contribution in [-0.4, -0.2) is 5.60 Å². The monoisotopic (exact) mass is 136 g/mol. The fourth-order valence-electron chi connectivity index (χ4n) is 0.361. The van der Waals surface area contributed by atoms with E-state index in [-0.39, 0.29) is 30.4 Å². The van der Waals surface area contributed by atoms with Gasteiger partial charge in [0.15, 0.2) is 0 Å². The minimum atomic E-state index is -0.358. The summed E-state index contributed by atoms with van der Waals surface area (Å²) in [6.07, 6.45) is 1.41. The molecular formula is C7H13LiO2. The van der Waals surface area contributed by atoms with Gasteiger partial charge >= 0.3 is 18.9 Å². The van der Waals surface area contributed by atoms with E-state index in [1.54, 1.807) is 6.92 Å².